The number of ketones is 1. The number of alkyl carbamates (subject to hydrolysis) is 1. The van der Waals surface area contributed by atoms with Crippen molar-refractivity contribution in [3.05, 3.63) is 60.9 Å². The number of rotatable bonds is 9. The normalized spacial score (nSPS) is 11.4. The fraction of sp³-hybridized carbons (Fsp3) is 0.423. The summed E-state index contributed by atoms with van der Waals surface area (Å²) in [6, 6.07) is 3.41. The molecule has 3 aromatic rings. The van der Waals surface area contributed by atoms with Crippen LogP contribution in [0.3, 0.4) is 0 Å². The van der Waals surface area contributed by atoms with Gasteiger partial charge in [0.05, 0.1) is 31.2 Å². The maximum absolute atomic E-state index is 13.9. The first-order chi connectivity index (χ1) is 18.3. The predicted octanol–water partition coefficient (Wildman–Crippen LogP) is 3.27. The van der Waals surface area contributed by atoms with Crippen molar-refractivity contribution >= 4 is 39.4 Å². The SMILES string of the molecule is CCOC(=O)c1sc2c(c1C)c(=O)n(CCNC(=O)OC(C)(C)C)c(=O)n2CC(=O)c1cc(F)ccc1OC. The Kier molecular flexibility index (Phi) is 8.95. The van der Waals surface area contributed by atoms with Gasteiger partial charge in [-0.1, -0.05) is 0 Å². The number of benzene rings is 1. The second-order valence-corrected chi connectivity index (χ2v) is 10.5. The lowest BCUT2D eigenvalue weighted by Gasteiger charge is -2.19. The third-order valence-corrected chi connectivity index (χ3v) is 6.82. The molecule has 0 saturated carbocycles. The molecule has 1 N–H and O–H groups in total. The van der Waals surface area contributed by atoms with E-state index in [4.69, 9.17) is 14.2 Å². The van der Waals surface area contributed by atoms with Crippen LogP contribution in [0.5, 0.6) is 5.75 Å². The van der Waals surface area contributed by atoms with Gasteiger partial charge in [-0.25, -0.2) is 18.8 Å². The van der Waals surface area contributed by atoms with Crippen LogP contribution >= 0.6 is 11.3 Å². The van der Waals surface area contributed by atoms with E-state index in [-0.39, 0.29) is 51.7 Å². The van der Waals surface area contributed by atoms with E-state index in [1.165, 1.54) is 13.2 Å². The third-order valence-electron chi connectivity index (χ3n) is 5.52. The Hall–Kier alpha value is -4.00. The van der Waals surface area contributed by atoms with E-state index in [1.807, 2.05) is 0 Å². The number of aryl methyl sites for hydroxylation is 1. The number of nitrogens with one attached hydrogen (secondary N) is 1. The Morgan fingerprint density at radius 2 is 1.82 bits per heavy atom. The Labute approximate surface area is 227 Å². The van der Waals surface area contributed by atoms with Gasteiger partial charge in [-0.15, -0.1) is 11.3 Å². The van der Waals surface area contributed by atoms with Gasteiger partial charge in [-0.05, 0) is 58.4 Å². The summed E-state index contributed by atoms with van der Waals surface area (Å²) in [6.45, 7) is 7.39. The fourth-order valence-electron chi connectivity index (χ4n) is 3.83. The first-order valence-electron chi connectivity index (χ1n) is 12.1. The lowest BCUT2D eigenvalue weighted by molar-refractivity contribution is 0.0517. The van der Waals surface area contributed by atoms with Gasteiger partial charge in [-0.3, -0.25) is 18.7 Å². The molecule has 2 aromatic heterocycles. The van der Waals surface area contributed by atoms with Crippen LogP contribution in [0.25, 0.3) is 10.2 Å². The van der Waals surface area contributed by atoms with Crippen LogP contribution < -0.4 is 21.3 Å². The molecule has 13 heteroatoms. The molecular formula is C26H30FN3O8S. The maximum atomic E-state index is 13.9. The zero-order chi connectivity index (χ0) is 29.1. The summed E-state index contributed by atoms with van der Waals surface area (Å²) in [5, 5.41) is 2.54. The number of Topliss-reactive ketones (excluding diaryl/α,β-unsaturated/α-hetero) is 1. The molecule has 0 unspecified atom stereocenters. The summed E-state index contributed by atoms with van der Waals surface area (Å²) >= 11 is 0.849. The van der Waals surface area contributed by atoms with Gasteiger partial charge < -0.3 is 19.5 Å². The third kappa shape index (κ3) is 6.53. The highest BCUT2D eigenvalue weighted by Gasteiger charge is 2.26. The van der Waals surface area contributed by atoms with Crippen LogP contribution in [0.1, 0.15) is 53.3 Å². The van der Waals surface area contributed by atoms with Crippen molar-refractivity contribution in [2.75, 3.05) is 20.3 Å². The number of carbonyl (C=O) groups excluding carboxylic acids is 3. The van der Waals surface area contributed by atoms with Crippen molar-refractivity contribution in [2.45, 2.75) is 53.3 Å². The number of carbonyl (C=O) groups is 3. The topological polar surface area (TPSA) is 135 Å². The van der Waals surface area contributed by atoms with Crippen molar-refractivity contribution in [1.29, 1.82) is 0 Å². The van der Waals surface area contributed by atoms with E-state index in [9.17, 15) is 28.4 Å². The Balaban J connectivity index is 2.12. The zero-order valence-corrected chi connectivity index (χ0v) is 23.3. The molecule has 0 spiro atoms. The van der Waals surface area contributed by atoms with Crippen molar-refractivity contribution in [2.24, 2.45) is 0 Å². The molecule has 0 aliphatic carbocycles. The summed E-state index contributed by atoms with van der Waals surface area (Å²) in [5.41, 5.74) is -2.10. The molecule has 210 valence electrons. The monoisotopic (exact) mass is 563 g/mol. The number of hydrogen-bond acceptors (Lipinski definition) is 9. The number of hydrogen-bond donors (Lipinski definition) is 1. The molecule has 1 amide bonds. The van der Waals surface area contributed by atoms with Crippen molar-refractivity contribution in [1.82, 2.24) is 14.5 Å². The highest BCUT2D eigenvalue weighted by atomic mass is 32.1. The summed E-state index contributed by atoms with van der Waals surface area (Å²) < 4.78 is 31.3. The minimum Gasteiger partial charge on any atom is -0.496 e. The van der Waals surface area contributed by atoms with Gasteiger partial charge in [0.2, 0.25) is 0 Å². The van der Waals surface area contributed by atoms with Crippen LogP contribution in [0.4, 0.5) is 9.18 Å². The van der Waals surface area contributed by atoms with Gasteiger partial charge in [0.15, 0.2) is 5.78 Å². The molecule has 2 heterocycles. The Morgan fingerprint density at radius 3 is 2.44 bits per heavy atom. The molecule has 0 bridgehead atoms. The first-order valence-corrected chi connectivity index (χ1v) is 12.9. The number of nitrogens with zero attached hydrogens (tertiary/aromatic N) is 2. The van der Waals surface area contributed by atoms with Gasteiger partial charge in [0.25, 0.3) is 5.56 Å². The number of amides is 1. The van der Waals surface area contributed by atoms with Crippen LogP contribution in [0, 0.1) is 12.7 Å². The molecule has 0 aliphatic heterocycles. The highest BCUT2D eigenvalue weighted by molar-refractivity contribution is 7.20. The summed E-state index contributed by atoms with van der Waals surface area (Å²) in [6.07, 6.45) is -0.735. The largest absolute Gasteiger partial charge is 0.496 e. The Morgan fingerprint density at radius 1 is 1.13 bits per heavy atom. The van der Waals surface area contributed by atoms with Gasteiger partial charge >= 0.3 is 17.8 Å². The molecule has 0 fully saturated rings. The van der Waals surface area contributed by atoms with Gasteiger partial charge in [0, 0.05) is 13.1 Å². The minimum atomic E-state index is -0.848. The van der Waals surface area contributed by atoms with Crippen molar-refractivity contribution in [3.63, 3.8) is 0 Å². The minimum absolute atomic E-state index is 0.0546. The lowest BCUT2D eigenvalue weighted by atomic mass is 10.1. The van der Waals surface area contributed by atoms with E-state index >= 15 is 0 Å². The first kappa shape index (κ1) is 29.6. The second kappa shape index (κ2) is 11.8. The highest BCUT2D eigenvalue weighted by Crippen LogP contribution is 2.29. The van der Waals surface area contributed by atoms with Crippen LogP contribution in [-0.4, -0.2) is 52.8 Å². The number of esters is 1. The quantitative estimate of drug-likeness (QED) is 0.310. The van der Waals surface area contributed by atoms with E-state index in [0.29, 0.717) is 0 Å². The average molecular weight is 564 g/mol. The number of methoxy groups -OCH3 is 1. The molecule has 11 nitrogen and oxygen atoms in total. The number of thiophene rings is 1. The molecule has 0 saturated heterocycles. The van der Waals surface area contributed by atoms with Crippen LogP contribution in [0.2, 0.25) is 0 Å². The molecule has 0 radical (unpaired) electrons. The number of ether oxygens (including phenoxy) is 3. The number of aromatic nitrogens is 2. The summed E-state index contributed by atoms with van der Waals surface area (Å²) in [4.78, 5) is 65.0. The maximum Gasteiger partial charge on any atom is 0.407 e. The van der Waals surface area contributed by atoms with Crippen molar-refractivity contribution < 1.29 is 33.0 Å². The Bertz CT molecular complexity index is 1550. The predicted molar refractivity (Wildman–Crippen MR) is 143 cm³/mol. The van der Waals surface area contributed by atoms with Gasteiger partial charge in [0.1, 0.15) is 26.9 Å². The second-order valence-electron chi connectivity index (χ2n) is 9.48. The van der Waals surface area contributed by atoms with Gasteiger partial charge in [-0.2, -0.15) is 0 Å². The number of fused-ring (bicyclic) bond motifs is 1. The molecule has 0 atom stereocenters. The average Bonchev–Trinajstić information content (AvgIpc) is 3.20. The molecule has 0 aliphatic rings. The van der Waals surface area contributed by atoms with E-state index in [1.54, 1.807) is 34.6 Å². The van der Waals surface area contributed by atoms with E-state index in [2.05, 4.69) is 5.32 Å². The molecule has 3 rings (SSSR count). The molecule has 39 heavy (non-hydrogen) atoms. The smallest absolute Gasteiger partial charge is 0.407 e. The van der Waals surface area contributed by atoms with E-state index in [0.717, 1.165) is 32.6 Å². The summed E-state index contributed by atoms with van der Waals surface area (Å²) in [5.74, 6) is -1.90. The summed E-state index contributed by atoms with van der Waals surface area (Å²) in [7, 11) is 1.32. The number of halogens is 1. The zero-order valence-electron chi connectivity index (χ0n) is 22.5. The van der Waals surface area contributed by atoms with Crippen molar-refractivity contribution in [3.8, 4) is 5.75 Å². The van der Waals surface area contributed by atoms with Crippen LogP contribution in [-0.2, 0) is 22.6 Å². The van der Waals surface area contributed by atoms with E-state index < -0.39 is 47.1 Å². The lowest BCUT2D eigenvalue weighted by Crippen LogP contribution is -2.43. The molecular weight excluding hydrogens is 533 g/mol. The molecule has 1 aromatic carbocycles. The van der Waals surface area contributed by atoms with Crippen LogP contribution in [0.15, 0.2) is 27.8 Å². The standard InChI is InChI=1S/C26H30FN3O8S/c1-7-37-23(33)20-14(2)19-21(32)29(11-10-28-24(34)38-26(3,4)5)25(35)30(22(19)39-20)13-17(31)16-12-15(27)8-9-18(16)36-6/h8-9,12H,7,10-11,13H2,1-6H3,(H,28,34). The fourth-order valence-corrected chi connectivity index (χ4v) is 5.02.